The third-order valence-electron chi connectivity index (χ3n) is 2.60. The summed E-state index contributed by atoms with van der Waals surface area (Å²) in [5, 5.41) is 17.7. The SMILES string of the molecule is COc1ccc(C(CCC(=O)O)C(=O)O)cc1N. The Hall–Kier alpha value is -2.24. The van der Waals surface area contributed by atoms with E-state index in [0.29, 0.717) is 17.0 Å². The molecule has 0 saturated heterocycles. The standard InChI is InChI=1S/C12H15NO5/c1-18-10-4-2-7(6-9(10)13)8(12(16)17)3-5-11(14)15/h2,4,6,8H,3,5,13H2,1H3,(H,14,15)(H,16,17). The predicted octanol–water partition coefficient (Wildman–Crippen LogP) is 1.31. The molecule has 0 bridgehead atoms. The summed E-state index contributed by atoms with van der Waals surface area (Å²) < 4.78 is 4.97. The molecular weight excluding hydrogens is 238 g/mol. The minimum Gasteiger partial charge on any atom is -0.495 e. The van der Waals surface area contributed by atoms with E-state index in [1.54, 1.807) is 12.1 Å². The molecule has 1 aromatic carbocycles. The Labute approximate surface area is 104 Å². The number of carbonyl (C=O) groups is 2. The summed E-state index contributed by atoms with van der Waals surface area (Å²) >= 11 is 0. The molecule has 1 unspecified atom stereocenters. The van der Waals surface area contributed by atoms with Crippen molar-refractivity contribution in [2.24, 2.45) is 0 Å². The molecule has 1 atom stereocenters. The fraction of sp³-hybridized carbons (Fsp3) is 0.333. The molecule has 0 radical (unpaired) electrons. The topological polar surface area (TPSA) is 110 Å². The summed E-state index contributed by atoms with van der Waals surface area (Å²) in [4.78, 5) is 21.6. The van der Waals surface area contributed by atoms with Gasteiger partial charge in [0.1, 0.15) is 5.75 Å². The highest BCUT2D eigenvalue weighted by molar-refractivity contribution is 5.78. The number of carboxylic acid groups (broad SMARTS) is 2. The van der Waals surface area contributed by atoms with Gasteiger partial charge >= 0.3 is 11.9 Å². The van der Waals surface area contributed by atoms with Gasteiger partial charge in [-0.3, -0.25) is 9.59 Å². The number of hydrogen-bond donors (Lipinski definition) is 3. The van der Waals surface area contributed by atoms with Crippen LogP contribution in [0, 0.1) is 0 Å². The largest absolute Gasteiger partial charge is 0.495 e. The molecule has 0 saturated carbocycles. The number of hydrogen-bond acceptors (Lipinski definition) is 4. The first-order valence-electron chi connectivity index (χ1n) is 5.33. The van der Waals surface area contributed by atoms with Crippen molar-refractivity contribution in [1.29, 1.82) is 0 Å². The lowest BCUT2D eigenvalue weighted by Gasteiger charge is -2.13. The van der Waals surface area contributed by atoms with Gasteiger partial charge in [-0.05, 0) is 24.1 Å². The van der Waals surface area contributed by atoms with Crippen molar-refractivity contribution < 1.29 is 24.5 Å². The average Bonchev–Trinajstić information content (AvgIpc) is 2.28. The Balaban J connectivity index is 2.95. The molecule has 1 rings (SSSR count). The molecule has 18 heavy (non-hydrogen) atoms. The molecule has 0 aromatic heterocycles. The molecular formula is C12H15NO5. The van der Waals surface area contributed by atoms with E-state index in [-0.39, 0.29) is 12.8 Å². The van der Waals surface area contributed by atoms with Crippen LogP contribution in [0.25, 0.3) is 0 Å². The third kappa shape index (κ3) is 3.38. The summed E-state index contributed by atoms with van der Waals surface area (Å²) in [7, 11) is 1.46. The second kappa shape index (κ2) is 5.90. The van der Waals surface area contributed by atoms with Gasteiger partial charge in [-0.15, -0.1) is 0 Å². The van der Waals surface area contributed by atoms with E-state index in [4.69, 9.17) is 20.7 Å². The molecule has 0 aliphatic rings. The number of carboxylic acids is 2. The molecule has 6 heteroatoms. The summed E-state index contributed by atoms with van der Waals surface area (Å²) in [6.45, 7) is 0. The molecule has 0 spiro atoms. The lowest BCUT2D eigenvalue weighted by atomic mass is 9.94. The fourth-order valence-electron chi connectivity index (χ4n) is 1.67. The van der Waals surface area contributed by atoms with Crippen molar-refractivity contribution in [2.45, 2.75) is 18.8 Å². The second-order valence-corrected chi connectivity index (χ2v) is 3.82. The van der Waals surface area contributed by atoms with Crippen LogP contribution in [0.15, 0.2) is 18.2 Å². The van der Waals surface area contributed by atoms with Gasteiger partial charge in [-0.2, -0.15) is 0 Å². The quantitative estimate of drug-likeness (QED) is 0.659. The van der Waals surface area contributed by atoms with Crippen molar-refractivity contribution in [1.82, 2.24) is 0 Å². The van der Waals surface area contributed by atoms with Gasteiger partial charge in [0.15, 0.2) is 0 Å². The molecule has 4 N–H and O–H groups in total. The highest BCUT2D eigenvalue weighted by Gasteiger charge is 2.21. The second-order valence-electron chi connectivity index (χ2n) is 3.82. The van der Waals surface area contributed by atoms with Crippen LogP contribution in [0.3, 0.4) is 0 Å². The normalized spacial score (nSPS) is 11.8. The maximum Gasteiger partial charge on any atom is 0.310 e. The zero-order chi connectivity index (χ0) is 13.7. The number of anilines is 1. The molecule has 0 heterocycles. The lowest BCUT2D eigenvalue weighted by Crippen LogP contribution is -2.13. The Morgan fingerprint density at radius 2 is 2.06 bits per heavy atom. The minimum absolute atomic E-state index is 0.0242. The number of benzene rings is 1. The molecule has 6 nitrogen and oxygen atoms in total. The summed E-state index contributed by atoms with van der Waals surface area (Å²) in [6, 6.07) is 4.65. The fourth-order valence-corrected chi connectivity index (χ4v) is 1.67. The number of methoxy groups -OCH3 is 1. The van der Waals surface area contributed by atoms with Crippen molar-refractivity contribution >= 4 is 17.6 Å². The number of nitrogen functional groups attached to an aromatic ring is 1. The molecule has 0 aliphatic heterocycles. The number of aliphatic carboxylic acids is 2. The van der Waals surface area contributed by atoms with Gasteiger partial charge in [0.25, 0.3) is 0 Å². The highest BCUT2D eigenvalue weighted by atomic mass is 16.5. The van der Waals surface area contributed by atoms with E-state index in [1.165, 1.54) is 13.2 Å². The zero-order valence-corrected chi connectivity index (χ0v) is 9.92. The van der Waals surface area contributed by atoms with E-state index in [1.807, 2.05) is 0 Å². The van der Waals surface area contributed by atoms with Crippen molar-refractivity contribution in [3.63, 3.8) is 0 Å². The van der Waals surface area contributed by atoms with Crippen LogP contribution in [0.2, 0.25) is 0 Å². The lowest BCUT2D eigenvalue weighted by molar-refractivity contribution is -0.140. The smallest absolute Gasteiger partial charge is 0.310 e. The number of ether oxygens (including phenoxy) is 1. The Bertz CT molecular complexity index is 458. The van der Waals surface area contributed by atoms with E-state index in [2.05, 4.69) is 0 Å². The minimum atomic E-state index is -1.07. The Morgan fingerprint density at radius 1 is 1.39 bits per heavy atom. The number of rotatable bonds is 6. The van der Waals surface area contributed by atoms with Crippen LogP contribution in [-0.4, -0.2) is 29.3 Å². The van der Waals surface area contributed by atoms with E-state index < -0.39 is 17.9 Å². The van der Waals surface area contributed by atoms with Crippen molar-refractivity contribution in [2.75, 3.05) is 12.8 Å². The molecule has 1 aromatic rings. The van der Waals surface area contributed by atoms with Gasteiger partial charge in [0, 0.05) is 6.42 Å². The predicted molar refractivity (Wildman–Crippen MR) is 64.7 cm³/mol. The van der Waals surface area contributed by atoms with Gasteiger partial charge < -0.3 is 20.7 Å². The summed E-state index contributed by atoms with van der Waals surface area (Å²) in [5.41, 5.74) is 6.50. The first kappa shape index (κ1) is 13.8. The van der Waals surface area contributed by atoms with Gasteiger partial charge in [0.2, 0.25) is 0 Å². The monoisotopic (exact) mass is 253 g/mol. The average molecular weight is 253 g/mol. The third-order valence-corrected chi connectivity index (χ3v) is 2.60. The van der Waals surface area contributed by atoms with Crippen LogP contribution < -0.4 is 10.5 Å². The van der Waals surface area contributed by atoms with E-state index in [0.717, 1.165) is 0 Å². The van der Waals surface area contributed by atoms with Gasteiger partial charge in [-0.1, -0.05) is 6.07 Å². The maximum absolute atomic E-state index is 11.1. The Kier molecular flexibility index (Phi) is 4.53. The number of nitrogens with two attached hydrogens (primary N) is 1. The molecule has 98 valence electrons. The summed E-state index contributed by atoms with van der Waals surface area (Å²) in [5.74, 6) is -2.51. The first-order chi connectivity index (χ1) is 8.45. The summed E-state index contributed by atoms with van der Waals surface area (Å²) in [6.07, 6.45) is -0.181. The maximum atomic E-state index is 11.1. The Morgan fingerprint density at radius 3 is 2.50 bits per heavy atom. The van der Waals surface area contributed by atoms with Crippen molar-refractivity contribution in [3.8, 4) is 5.75 Å². The van der Waals surface area contributed by atoms with Crippen molar-refractivity contribution in [3.05, 3.63) is 23.8 Å². The molecule has 0 aliphatic carbocycles. The highest BCUT2D eigenvalue weighted by Crippen LogP contribution is 2.28. The van der Waals surface area contributed by atoms with Crippen LogP contribution in [-0.2, 0) is 9.59 Å². The van der Waals surface area contributed by atoms with Gasteiger partial charge in [-0.25, -0.2) is 0 Å². The zero-order valence-electron chi connectivity index (χ0n) is 9.92. The molecule has 0 fully saturated rings. The molecule has 0 amide bonds. The van der Waals surface area contributed by atoms with Gasteiger partial charge in [0.05, 0.1) is 18.7 Å². The van der Waals surface area contributed by atoms with Crippen LogP contribution in [0.1, 0.15) is 24.3 Å². The van der Waals surface area contributed by atoms with Crippen LogP contribution in [0.5, 0.6) is 5.75 Å². The first-order valence-corrected chi connectivity index (χ1v) is 5.33. The van der Waals surface area contributed by atoms with E-state index in [9.17, 15) is 9.59 Å². The van der Waals surface area contributed by atoms with E-state index >= 15 is 0 Å². The van der Waals surface area contributed by atoms with Crippen LogP contribution in [0.4, 0.5) is 5.69 Å². The van der Waals surface area contributed by atoms with Crippen LogP contribution >= 0.6 is 0 Å².